The number of allylic oxidation sites excluding steroid dienone is 1. The van der Waals surface area contributed by atoms with Gasteiger partial charge in [0.15, 0.2) is 0 Å². The van der Waals surface area contributed by atoms with Crippen molar-refractivity contribution in [1.29, 1.82) is 0 Å². The van der Waals surface area contributed by atoms with Crippen molar-refractivity contribution >= 4 is 11.5 Å². The van der Waals surface area contributed by atoms with Crippen molar-refractivity contribution in [2.45, 2.75) is 25.7 Å². The predicted molar refractivity (Wildman–Crippen MR) is 83.9 cm³/mol. The van der Waals surface area contributed by atoms with Crippen LogP contribution in [0.3, 0.4) is 0 Å². The van der Waals surface area contributed by atoms with Gasteiger partial charge in [0.2, 0.25) is 0 Å². The molecule has 0 aliphatic rings. The van der Waals surface area contributed by atoms with E-state index in [0.717, 1.165) is 18.4 Å². The van der Waals surface area contributed by atoms with Gasteiger partial charge in [0, 0.05) is 18.8 Å². The first kappa shape index (κ1) is 15.0. The van der Waals surface area contributed by atoms with Crippen LogP contribution in [0.25, 0.3) is 5.57 Å². The van der Waals surface area contributed by atoms with Gasteiger partial charge < -0.3 is 5.11 Å². The summed E-state index contributed by atoms with van der Waals surface area (Å²) in [4.78, 5) is 14.6. The Morgan fingerprint density at radius 2 is 1.67 bits per heavy atom. The van der Waals surface area contributed by atoms with E-state index >= 15 is 0 Å². The second-order valence-electron chi connectivity index (χ2n) is 4.86. The first-order valence-electron chi connectivity index (χ1n) is 7.15. The molecule has 0 atom stereocenters. The Balaban J connectivity index is 2.11. The summed E-state index contributed by atoms with van der Waals surface area (Å²) in [7, 11) is 0. The average Bonchev–Trinajstić information content (AvgIpc) is 2.52. The van der Waals surface area contributed by atoms with Gasteiger partial charge in [-0.25, -0.2) is 0 Å². The van der Waals surface area contributed by atoms with Crippen LogP contribution < -0.4 is 0 Å². The molecule has 0 amide bonds. The van der Waals surface area contributed by atoms with Crippen LogP contribution in [0.15, 0.2) is 60.9 Å². The fourth-order valence-electron chi connectivity index (χ4n) is 2.22. The van der Waals surface area contributed by atoms with Crippen LogP contribution in [-0.4, -0.2) is 16.1 Å². The smallest absolute Gasteiger partial charge is 0.303 e. The molecule has 108 valence electrons. The van der Waals surface area contributed by atoms with Gasteiger partial charge in [-0.05, 0) is 48.1 Å². The number of rotatable bonds is 7. The molecule has 0 saturated carbocycles. The standard InChI is InChI=1S/C18H19NO2/c20-18(21)10-6-2-5-9-17(15-7-3-1-4-8-15)16-11-13-19-14-12-16/h1,3-4,7-9,11-14H,2,5-6,10H2,(H,20,21). The van der Waals surface area contributed by atoms with Gasteiger partial charge in [-0.2, -0.15) is 0 Å². The maximum absolute atomic E-state index is 10.5. The minimum absolute atomic E-state index is 0.240. The molecular formula is C18H19NO2. The topological polar surface area (TPSA) is 50.2 Å². The van der Waals surface area contributed by atoms with E-state index in [0.29, 0.717) is 6.42 Å². The van der Waals surface area contributed by atoms with Crippen LogP contribution in [0.2, 0.25) is 0 Å². The third-order valence-electron chi connectivity index (χ3n) is 3.27. The highest BCUT2D eigenvalue weighted by molar-refractivity contribution is 5.79. The molecule has 1 N–H and O–H groups in total. The number of unbranched alkanes of at least 4 members (excludes halogenated alkanes) is 2. The molecule has 0 unspecified atom stereocenters. The van der Waals surface area contributed by atoms with E-state index in [4.69, 9.17) is 5.11 Å². The number of hydrogen-bond acceptors (Lipinski definition) is 2. The van der Waals surface area contributed by atoms with Crippen molar-refractivity contribution in [3.8, 4) is 0 Å². The second kappa shape index (κ2) is 8.00. The summed E-state index contributed by atoms with van der Waals surface area (Å²) in [6.45, 7) is 0. The summed E-state index contributed by atoms with van der Waals surface area (Å²) >= 11 is 0. The van der Waals surface area contributed by atoms with E-state index in [1.807, 2.05) is 30.3 Å². The van der Waals surface area contributed by atoms with E-state index in [-0.39, 0.29) is 6.42 Å². The lowest BCUT2D eigenvalue weighted by Crippen LogP contribution is -1.93. The Morgan fingerprint density at radius 1 is 1.00 bits per heavy atom. The van der Waals surface area contributed by atoms with Gasteiger partial charge >= 0.3 is 5.97 Å². The monoisotopic (exact) mass is 281 g/mol. The highest BCUT2D eigenvalue weighted by Crippen LogP contribution is 2.23. The summed E-state index contributed by atoms with van der Waals surface area (Å²) in [6.07, 6.45) is 8.47. The first-order chi connectivity index (χ1) is 10.3. The van der Waals surface area contributed by atoms with Crippen molar-refractivity contribution in [1.82, 2.24) is 4.98 Å². The van der Waals surface area contributed by atoms with Gasteiger partial charge in [-0.15, -0.1) is 0 Å². The summed E-state index contributed by atoms with van der Waals surface area (Å²) in [6, 6.07) is 14.2. The number of carboxylic acid groups (broad SMARTS) is 1. The number of carbonyl (C=O) groups is 1. The molecular weight excluding hydrogens is 262 g/mol. The molecule has 2 aromatic rings. The zero-order chi connectivity index (χ0) is 14.9. The maximum atomic E-state index is 10.5. The molecule has 3 heteroatoms. The second-order valence-corrected chi connectivity index (χ2v) is 4.86. The van der Waals surface area contributed by atoms with Crippen LogP contribution in [0.5, 0.6) is 0 Å². The van der Waals surface area contributed by atoms with E-state index < -0.39 is 5.97 Å². The molecule has 0 radical (unpaired) electrons. The highest BCUT2D eigenvalue weighted by atomic mass is 16.4. The number of hydrogen-bond donors (Lipinski definition) is 1. The van der Waals surface area contributed by atoms with Crippen LogP contribution in [0.1, 0.15) is 36.8 Å². The molecule has 0 bridgehead atoms. The Morgan fingerprint density at radius 3 is 2.33 bits per heavy atom. The zero-order valence-electron chi connectivity index (χ0n) is 11.9. The Bertz CT molecular complexity index is 550. The van der Waals surface area contributed by atoms with Gasteiger partial charge in [-0.1, -0.05) is 36.4 Å². The summed E-state index contributed by atoms with van der Waals surface area (Å²) in [5, 5.41) is 8.66. The molecule has 1 aromatic heterocycles. The Kier molecular flexibility index (Phi) is 5.71. The van der Waals surface area contributed by atoms with Crippen molar-refractivity contribution in [3.63, 3.8) is 0 Å². The lowest BCUT2D eigenvalue weighted by Gasteiger charge is -2.08. The molecule has 0 fully saturated rings. The van der Waals surface area contributed by atoms with Gasteiger partial charge in [0.25, 0.3) is 0 Å². The summed E-state index contributed by atoms with van der Waals surface area (Å²) < 4.78 is 0. The van der Waals surface area contributed by atoms with Crippen LogP contribution in [0, 0.1) is 0 Å². The van der Waals surface area contributed by atoms with Gasteiger partial charge in [-0.3, -0.25) is 9.78 Å². The lowest BCUT2D eigenvalue weighted by atomic mass is 9.97. The van der Waals surface area contributed by atoms with Gasteiger partial charge in [0.05, 0.1) is 0 Å². The predicted octanol–water partition coefficient (Wildman–Crippen LogP) is 4.16. The lowest BCUT2D eigenvalue weighted by molar-refractivity contribution is -0.137. The van der Waals surface area contributed by atoms with E-state index in [9.17, 15) is 4.79 Å². The number of benzene rings is 1. The number of carboxylic acids is 1. The maximum Gasteiger partial charge on any atom is 0.303 e. The summed E-state index contributed by atoms with van der Waals surface area (Å²) in [5.74, 6) is -0.726. The van der Waals surface area contributed by atoms with Crippen molar-refractivity contribution in [2.24, 2.45) is 0 Å². The fourth-order valence-corrected chi connectivity index (χ4v) is 2.22. The largest absolute Gasteiger partial charge is 0.481 e. The van der Waals surface area contributed by atoms with Crippen LogP contribution in [-0.2, 0) is 4.79 Å². The molecule has 3 nitrogen and oxygen atoms in total. The Labute approximate surface area is 125 Å². The average molecular weight is 281 g/mol. The Hall–Kier alpha value is -2.42. The van der Waals surface area contributed by atoms with E-state index in [2.05, 4.69) is 23.2 Å². The molecule has 1 aromatic carbocycles. The number of aliphatic carboxylic acids is 1. The van der Waals surface area contributed by atoms with Crippen molar-refractivity contribution in [2.75, 3.05) is 0 Å². The molecule has 1 heterocycles. The summed E-state index contributed by atoms with van der Waals surface area (Å²) in [5.41, 5.74) is 3.48. The van der Waals surface area contributed by atoms with Gasteiger partial charge in [0.1, 0.15) is 0 Å². The number of pyridine rings is 1. The minimum atomic E-state index is -0.726. The molecule has 2 rings (SSSR count). The van der Waals surface area contributed by atoms with E-state index in [1.165, 1.54) is 11.1 Å². The molecule has 0 aliphatic carbocycles. The van der Waals surface area contributed by atoms with Crippen molar-refractivity contribution in [3.05, 3.63) is 72.1 Å². The van der Waals surface area contributed by atoms with Crippen LogP contribution >= 0.6 is 0 Å². The molecule has 0 aliphatic heterocycles. The number of aromatic nitrogens is 1. The number of nitrogens with zero attached hydrogens (tertiary/aromatic N) is 1. The molecule has 0 spiro atoms. The highest BCUT2D eigenvalue weighted by Gasteiger charge is 2.04. The third kappa shape index (κ3) is 4.88. The fraction of sp³-hybridized carbons (Fsp3) is 0.222. The first-order valence-corrected chi connectivity index (χ1v) is 7.15. The molecule has 0 saturated heterocycles. The third-order valence-corrected chi connectivity index (χ3v) is 3.27. The minimum Gasteiger partial charge on any atom is -0.481 e. The zero-order valence-corrected chi connectivity index (χ0v) is 11.9. The quantitative estimate of drug-likeness (QED) is 0.775. The van der Waals surface area contributed by atoms with Crippen LogP contribution in [0.4, 0.5) is 0 Å². The normalized spacial score (nSPS) is 11.3. The SMILES string of the molecule is O=C(O)CCCCC=C(c1ccccc1)c1ccncc1. The van der Waals surface area contributed by atoms with Crippen molar-refractivity contribution < 1.29 is 9.90 Å². The van der Waals surface area contributed by atoms with E-state index in [1.54, 1.807) is 12.4 Å². The molecule has 21 heavy (non-hydrogen) atoms.